The van der Waals surface area contributed by atoms with E-state index in [1.165, 1.54) is 0 Å². The van der Waals surface area contributed by atoms with E-state index < -0.39 is 11.2 Å². The van der Waals surface area contributed by atoms with Gasteiger partial charge in [-0.05, 0) is 46.8 Å². The van der Waals surface area contributed by atoms with Gasteiger partial charge in [0.05, 0.1) is 16.9 Å². The van der Waals surface area contributed by atoms with E-state index in [2.05, 4.69) is 11.1 Å². The van der Waals surface area contributed by atoms with Crippen LogP contribution in [0.15, 0.2) is 42.6 Å². The number of aryl methyl sites for hydroxylation is 1. The number of hydrogen-bond acceptors (Lipinski definition) is 3. The van der Waals surface area contributed by atoms with E-state index in [1.54, 1.807) is 27.5 Å². The first-order chi connectivity index (χ1) is 10.2. The number of aliphatic hydroxyl groups is 1. The maximum absolute atomic E-state index is 10.1. The Balaban J connectivity index is 2.15. The van der Waals surface area contributed by atoms with E-state index in [0.29, 0.717) is 0 Å². The Hall–Kier alpha value is -1.65. The summed E-state index contributed by atoms with van der Waals surface area (Å²) in [6.45, 7) is 9.29. The molecular formula is C18H23BNO2. The Bertz CT molecular complexity index is 633. The Morgan fingerprint density at radius 2 is 1.82 bits per heavy atom. The minimum absolute atomic E-state index is 0.668. The quantitative estimate of drug-likeness (QED) is 0.863. The van der Waals surface area contributed by atoms with Gasteiger partial charge in [0.1, 0.15) is 0 Å². The van der Waals surface area contributed by atoms with Crippen LogP contribution in [0, 0.1) is 6.92 Å². The van der Waals surface area contributed by atoms with Crippen molar-refractivity contribution in [2.45, 2.75) is 45.8 Å². The van der Waals surface area contributed by atoms with Crippen molar-refractivity contribution in [2.24, 2.45) is 0 Å². The van der Waals surface area contributed by atoms with Gasteiger partial charge in [-0.3, -0.25) is 4.98 Å². The van der Waals surface area contributed by atoms with Crippen molar-refractivity contribution < 1.29 is 9.76 Å². The van der Waals surface area contributed by atoms with Crippen LogP contribution in [0.3, 0.4) is 0 Å². The predicted molar refractivity (Wildman–Crippen MR) is 91.3 cm³/mol. The molecule has 22 heavy (non-hydrogen) atoms. The largest absolute Gasteiger partial charge is 0.427 e. The van der Waals surface area contributed by atoms with Crippen LogP contribution >= 0.6 is 0 Å². The summed E-state index contributed by atoms with van der Waals surface area (Å²) in [5.41, 5.74) is 2.54. The number of aromatic nitrogens is 1. The molecule has 2 aromatic rings. The van der Waals surface area contributed by atoms with Crippen LogP contribution in [0.5, 0.6) is 0 Å². The van der Waals surface area contributed by atoms with Crippen molar-refractivity contribution in [2.75, 3.05) is 0 Å². The molecule has 2 rings (SSSR count). The molecule has 0 aliphatic carbocycles. The second-order valence-electron chi connectivity index (χ2n) is 6.59. The average Bonchev–Trinajstić information content (AvgIpc) is 2.45. The summed E-state index contributed by atoms with van der Waals surface area (Å²) in [6.07, 6.45) is 1.79. The van der Waals surface area contributed by atoms with Gasteiger partial charge < -0.3 is 9.76 Å². The molecule has 0 fully saturated rings. The van der Waals surface area contributed by atoms with Gasteiger partial charge in [0, 0.05) is 11.8 Å². The number of benzene rings is 1. The fraction of sp³-hybridized carbons (Fsp3) is 0.389. The van der Waals surface area contributed by atoms with Crippen molar-refractivity contribution in [3.05, 3.63) is 48.2 Å². The molecule has 1 radical (unpaired) electrons. The summed E-state index contributed by atoms with van der Waals surface area (Å²) in [5.74, 6) is 0. The van der Waals surface area contributed by atoms with Gasteiger partial charge in [-0.2, -0.15) is 0 Å². The number of hydrogen-bond donors (Lipinski definition) is 1. The molecule has 1 heterocycles. The van der Waals surface area contributed by atoms with Crippen LogP contribution in [-0.2, 0) is 4.65 Å². The molecule has 0 saturated carbocycles. The zero-order chi connectivity index (χ0) is 16.4. The molecule has 0 bridgehead atoms. The Labute approximate surface area is 133 Å². The molecule has 1 N–H and O–H groups in total. The van der Waals surface area contributed by atoms with Gasteiger partial charge in [0.15, 0.2) is 0 Å². The van der Waals surface area contributed by atoms with Gasteiger partial charge in [0.25, 0.3) is 0 Å². The zero-order valence-electron chi connectivity index (χ0n) is 13.9. The first-order valence-electron chi connectivity index (χ1n) is 7.46. The molecule has 0 aliphatic heterocycles. The van der Waals surface area contributed by atoms with Gasteiger partial charge in [-0.1, -0.05) is 35.3 Å². The predicted octanol–water partition coefficient (Wildman–Crippen LogP) is 2.87. The summed E-state index contributed by atoms with van der Waals surface area (Å²) >= 11 is 0. The highest BCUT2D eigenvalue weighted by Gasteiger charge is 2.35. The third-order valence-electron chi connectivity index (χ3n) is 4.18. The zero-order valence-corrected chi connectivity index (χ0v) is 13.9. The second kappa shape index (κ2) is 6.23. The SMILES string of the molecule is Cc1cc(-c2ccccn2)ccc1[B]OC(C)(C)C(C)(C)O. The average molecular weight is 296 g/mol. The highest BCUT2D eigenvalue weighted by molar-refractivity contribution is 6.47. The molecule has 0 aliphatic rings. The molecule has 4 heteroatoms. The van der Waals surface area contributed by atoms with Crippen LogP contribution in [0.4, 0.5) is 0 Å². The number of nitrogens with zero attached hydrogens (tertiary/aromatic N) is 1. The molecule has 0 saturated heterocycles. The van der Waals surface area contributed by atoms with E-state index in [9.17, 15) is 5.11 Å². The molecule has 0 amide bonds. The van der Waals surface area contributed by atoms with Gasteiger partial charge >= 0.3 is 7.48 Å². The van der Waals surface area contributed by atoms with Crippen molar-refractivity contribution >= 4 is 12.9 Å². The van der Waals surface area contributed by atoms with Crippen LogP contribution in [-0.4, -0.2) is 28.8 Å². The Kier molecular flexibility index (Phi) is 4.73. The smallest absolute Gasteiger partial charge is 0.331 e. The summed E-state index contributed by atoms with van der Waals surface area (Å²) in [7, 11) is 1.72. The summed E-state index contributed by atoms with van der Waals surface area (Å²) in [6, 6.07) is 12.0. The Morgan fingerprint density at radius 3 is 2.36 bits per heavy atom. The number of rotatable bonds is 5. The molecule has 115 valence electrons. The molecule has 0 unspecified atom stereocenters. The van der Waals surface area contributed by atoms with Gasteiger partial charge in [0.2, 0.25) is 0 Å². The summed E-state index contributed by atoms with van der Waals surface area (Å²) in [5, 5.41) is 10.1. The molecule has 0 spiro atoms. The standard InChI is InChI=1S/C18H23BNO2/c1-13-12-14(16-8-6-7-11-20-16)9-10-15(13)19-22-18(4,5)17(2,3)21/h6-12,21H,1-5H3. The molecular weight excluding hydrogens is 273 g/mol. The minimum atomic E-state index is -0.925. The normalized spacial score (nSPS) is 12.3. The van der Waals surface area contributed by atoms with Gasteiger partial charge in [-0.15, -0.1) is 0 Å². The third-order valence-corrected chi connectivity index (χ3v) is 4.18. The minimum Gasteiger partial charge on any atom is -0.427 e. The topological polar surface area (TPSA) is 42.4 Å². The lowest BCUT2D eigenvalue weighted by Gasteiger charge is -2.37. The lowest BCUT2D eigenvalue weighted by Crippen LogP contribution is -2.49. The maximum atomic E-state index is 10.1. The highest BCUT2D eigenvalue weighted by Crippen LogP contribution is 2.24. The summed E-state index contributed by atoms with van der Waals surface area (Å²) in [4.78, 5) is 4.36. The molecule has 1 aromatic carbocycles. The first-order valence-corrected chi connectivity index (χ1v) is 7.46. The first kappa shape index (κ1) is 16.7. The highest BCUT2D eigenvalue weighted by atomic mass is 16.5. The van der Waals surface area contributed by atoms with Crippen molar-refractivity contribution in [1.29, 1.82) is 0 Å². The number of pyridine rings is 1. The third kappa shape index (κ3) is 3.76. The van der Waals surface area contributed by atoms with E-state index in [4.69, 9.17) is 4.65 Å². The van der Waals surface area contributed by atoms with Crippen molar-refractivity contribution in [3.8, 4) is 11.3 Å². The monoisotopic (exact) mass is 296 g/mol. The lowest BCUT2D eigenvalue weighted by molar-refractivity contribution is -0.0893. The van der Waals surface area contributed by atoms with Crippen LogP contribution in [0.25, 0.3) is 11.3 Å². The fourth-order valence-corrected chi connectivity index (χ4v) is 1.86. The van der Waals surface area contributed by atoms with E-state index in [-0.39, 0.29) is 0 Å². The molecule has 1 aromatic heterocycles. The molecule has 3 nitrogen and oxygen atoms in total. The van der Waals surface area contributed by atoms with E-state index in [0.717, 1.165) is 22.3 Å². The lowest BCUT2D eigenvalue weighted by atomic mass is 9.80. The van der Waals surface area contributed by atoms with Crippen LogP contribution < -0.4 is 5.46 Å². The van der Waals surface area contributed by atoms with Crippen LogP contribution in [0.2, 0.25) is 0 Å². The fourth-order valence-electron chi connectivity index (χ4n) is 1.86. The second-order valence-corrected chi connectivity index (χ2v) is 6.59. The van der Waals surface area contributed by atoms with E-state index >= 15 is 0 Å². The summed E-state index contributed by atoms with van der Waals surface area (Å²) < 4.78 is 5.82. The van der Waals surface area contributed by atoms with E-state index in [1.807, 2.05) is 51.1 Å². The van der Waals surface area contributed by atoms with Crippen molar-refractivity contribution in [3.63, 3.8) is 0 Å². The maximum Gasteiger partial charge on any atom is 0.331 e. The molecule has 0 atom stereocenters. The Morgan fingerprint density at radius 1 is 1.09 bits per heavy atom. The van der Waals surface area contributed by atoms with Gasteiger partial charge in [-0.25, -0.2) is 0 Å². The van der Waals surface area contributed by atoms with Crippen molar-refractivity contribution in [1.82, 2.24) is 4.98 Å². The van der Waals surface area contributed by atoms with Crippen LogP contribution in [0.1, 0.15) is 33.3 Å².